The van der Waals surface area contributed by atoms with Crippen LogP contribution in [0.2, 0.25) is 5.02 Å². The number of halogens is 1. The van der Waals surface area contributed by atoms with Crippen LogP contribution in [0.1, 0.15) is 21.5 Å². The molecule has 0 aliphatic heterocycles. The minimum atomic E-state index is -0.334. The number of hydrogen-bond donors (Lipinski definition) is 3. The monoisotopic (exact) mass is 307 g/mol. The molecule has 0 bridgehead atoms. The Balaban J connectivity index is 2.34. The summed E-state index contributed by atoms with van der Waals surface area (Å²) in [6.07, 6.45) is 1.40. The Kier molecular flexibility index (Phi) is 4.13. The number of aromatic nitrogens is 2. The largest absolute Gasteiger partial charge is 0.409 e. The second-order valence-electron chi connectivity index (χ2n) is 4.43. The number of amidine groups is 1. The van der Waals surface area contributed by atoms with E-state index in [4.69, 9.17) is 22.5 Å². The molecule has 1 aromatic carbocycles. The summed E-state index contributed by atoms with van der Waals surface area (Å²) in [5.41, 5.74) is 7.10. The van der Waals surface area contributed by atoms with Crippen molar-refractivity contribution in [3.63, 3.8) is 0 Å². The number of rotatable bonds is 3. The molecule has 0 spiro atoms. The van der Waals surface area contributed by atoms with Gasteiger partial charge in [0.2, 0.25) is 0 Å². The van der Waals surface area contributed by atoms with Gasteiger partial charge in [0, 0.05) is 17.6 Å². The molecule has 0 radical (unpaired) electrons. The normalized spacial score (nSPS) is 11.5. The number of carbonyl (C=O) groups excluding carboxylic acids is 1. The zero-order valence-electron chi connectivity index (χ0n) is 11.5. The van der Waals surface area contributed by atoms with Crippen LogP contribution < -0.4 is 11.1 Å². The van der Waals surface area contributed by atoms with Crippen LogP contribution in [0.15, 0.2) is 29.6 Å². The molecule has 110 valence electrons. The summed E-state index contributed by atoms with van der Waals surface area (Å²) in [4.78, 5) is 12.3. The minimum Gasteiger partial charge on any atom is -0.409 e. The molecule has 0 aliphatic carbocycles. The van der Waals surface area contributed by atoms with E-state index in [1.54, 1.807) is 32.2 Å². The lowest BCUT2D eigenvalue weighted by Crippen LogP contribution is -2.20. The number of anilines is 1. The van der Waals surface area contributed by atoms with Crippen LogP contribution in [-0.2, 0) is 7.05 Å². The maximum absolute atomic E-state index is 12.3. The maximum atomic E-state index is 12.3. The Bertz CT molecular complexity index is 723. The predicted molar refractivity (Wildman–Crippen MR) is 79.9 cm³/mol. The molecule has 0 saturated heterocycles. The third-order valence-corrected chi connectivity index (χ3v) is 3.22. The molecule has 7 nitrogen and oxygen atoms in total. The summed E-state index contributed by atoms with van der Waals surface area (Å²) >= 11 is 5.87. The van der Waals surface area contributed by atoms with E-state index >= 15 is 0 Å². The van der Waals surface area contributed by atoms with Crippen molar-refractivity contribution in [2.24, 2.45) is 17.9 Å². The van der Waals surface area contributed by atoms with Gasteiger partial charge in [0.15, 0.2) is 5.84 Å². The molecule has 2 aromatic rings. The first-order valence-electron chi connectivity index (χ1n) is 6.01. The third-order valence-electron chi connectivity index (χ3n) is 2.99. The Hall–Kier alpha value is -2.54. The number of aryl methyl sites for hydroxylation is 2. The van der Waals surface area contributed by atoms with Crippen molar-refractivity contribution >= 4 is 29.2 Å². The highest BCUT2D eigenvalue weighted by atomic mass is 35.5. The van der Waals surface area contributed by atoms with Gasteiger partial charge in [-0.25, -0.2) is 0 Å². The van der Waals surface area contributed by atoms with Crippen LogP contribution >= 0.6 is 11.6 Å². The molecule has 0 atom stereocenters. The summed E-state index contributed by atoms with van der Waals surface area (Å²) in [6.45, 7) is 1.79. The molecular formula is C13H14ClN5O2. The number of benzene rings is 1. The van der Waals surface area contributed by atoms with E-state index < -0.39 is 0 Å². The van der Waals surface area contributed by atoms with Gasteiger partial charge in [-0.2, -0.15) is 5.10 Å². The summed E-state index contributed by atoms with van der Waals surface area (Å²) in [6, 6.07) is 4.97. The first-order valence-corrected chi connectivity index (χ1v) is 6.39. The number of hydrogen-bond acceptors (Lipinski definition) is 4. The second kappa shape index (κ2) is 5.84. The molecule has 0 fully saturated rings. The number of oxime groups is 1. The number of carbonyl (C=O) groups is 1. The summed E-state index contributed by atoms with van der Waals surface area (Å²) in [7, 11) is 1.64. The first-order chi connectivity index (χ1) is 9.93. The van der Waals surface area contributed by atoms with Crippen LogP contribution in [-0.4, -0.2) is 26.7 Å². The standard InChI is InChI=1S/C13H14ClN5O2/c1-7-5-8(14)3-4-9(7)13(20)17-12-10(11(15)18-21)6-16-19(12)2/h3-6,21H,1-2H3,(H2,15,18)(H,17,20). The highest BCUT2D eigenvalue weighted by Gasteiger charge is 2.17. The third kappa shape index (κ3) is 2.97. The van der Waals surface area contributed by atoms with E-state index in [2.05, 4.69) is 15.6 Å². The predicted octanol–water partition coefficient (Wildman–Crippen LogP) is 1.73. The minimum absolute atomic E-state index is 0.133. The van der Waals surface area contributed by atoms with Crippen molar-refractivity contribution in [3.05, 3.63) is 46.1 Å². The lowest BCUT2D eigenvalue weighted by atomic mass is 10.1. The number of nitrogens with one attached hydrogen (secondary N) is 1. The van der Waals surface area contributed by atoms with Crippen molar-refractivity contribution in [2.75, 3.05) is 5.32 Å². The van der Waals surface area contributed by atoms with E-state index in [0.29, 0.717) is 22.0 Å². The van der Waals surface area contributed by atoms with E-state index in [9.17, 15) is 4.79 Å². The molecule has 0 aliphatic rings. The zero-order chi connectivity index (χ0) is 15.6. The van der Waals surface area contributed by atoms with E-state index in [0.717, 1.165) is 5.56 Å². The first kappa shape index (κ1) is 14.9. The highest BCUT2D eigenvalue weighted by molar-refractivity contribution is 6.30. The summed E-state index contributed by atoms with van der Waals surface area (Å²) < 4.78 is 1.43. The van der Waals surface area contributed by atoms with Crippen molar-refractivity contribution in [3.8, 4) is 0 Å². The van der Waals surface area contributed by atoms with Crippen molar-refractivity contribution < 1.29 is 10.0 Å². The molecule has 0 unspecified atom stereocenters. The topological polar surface area (TPSA) is 106 Å². The van der Waals surface area contributed by atoms with Crippen LogP contribution in [0.5, 0.6) is 0 Å². The molecule has 8 heteroatoms. The van der Waals surface area contributed by atoms with E-state index in [1.165, 1.54) is 10.9 Å². The molecular weight excluding hydrogens is 294 g/mol. The molecule has 0 saturated carbocycles. The van der Waals surface area contributed by atoms with E-state index in [-0.39, 0.29) is 11.7 Å². The lowest BCUT2D eigenvalue weighted by molar-refractivity contribution is 0.102. The fraction of sp³-hybridized carbons (Fsp3) is 0.154. The van der Waals surface area contributed by atoms with Crippen LogP contribution in [0.25, 0.3) is 0 Å². The average Bonchev–Trinajstić information content (AvgIpc) is 2.79. The Morgan fingerprint density at radius 3 is 2.81 bits per heavy atom. The SMILES string of the molecule is Cc1cc(Cl)ccc1C(=O)Nc1c(/C(N)=N/O)cnn1C. The average molecular weight is 308 g/mol. The van der Waals surface area contributed by atoms with Gasteiger partial charge < -0.3 is 16.3 Å². The van der Waals surface area contributed by atoms with Gasteiger partial charge in [-0.1, -0.05) is 16.8 Å². The smallest absolute Gasteiger partial charge is 0.257 e. The second-order valence-corrected chi connectivity index (χ2v) is 4.87. The summed E-state index contributed by atoms with van der Waals surface area (Å²) in [5.74, 6) is -0.129. The van der Waals surface area contributed by atoms with Crippen molar-refractivity contribution in [1.82, 2.24) is 9.78 Å². The quantitative estimate of drug-likeness (QED) is 0.347. The van der Waals surface area contributed by atoms with Gasteiger partial charge in [-0.3, -0.25) is 9.48 Å². The Labute approximate surface area is 126 Å². The number of amides is 1. The highest BCUT2D eigenvalue weighted by Crippen LogP contribution is 2.19. The Morgan fingerprint density at radius 1 is 1.48 bits per heavy atom. The summed E-state index contributed by atoms with van der Waals surface area (Å²) in [5, 5.41) is 18.9. The van der Waals surface area contributed by atoms with Crippen molar-refractivity contribution in [1.29, 1.82) is 0 Å². The van der Waals surface area contributed by atoms with Gasteiger partial charge in [-0.15, -0.1) is 0 Å². The number of nitrogens with two attached hydrogens (primary N) is 1. The Morgan fingerprint density at radius 2 is 2.19 bits per heavy atom. The fourth-order valence-corrected chi connectivity index (χ4v) is 2.11. The van der Waals surface area contributed by atoms with Gasteiger partial charge in [-0.05, 0) is 30.7 Å². The lowest BCUT2D eigenvalue weighted by Gasteiger charge is -2.10. The van der Waals surface area contributed by atoms with Crippen LogP contribution in [0.3, 0.4) is 0 Å². The van der Waals surface area contributed by atoms with Crippen molar-refractivity contribution in [2.45, 2.75) is 6.92 Å². The van der Waals surface area contributed by atoms with Crippen LogP contribution in [0, 0.1) is 6.92 Å². The molecule has 1 aromatic heterocycles. The van der Waals surface area contributed by atoms with Gasteiger partial charge >= 0.3 is 0 Å². The van der Waals surface area contributed by atoms with Gasteiger partial charge in [0.1, 0.15) is 5.82 Å². The van der Waals surface area contributed by atoms with Gasteiger partial charge in [0.25, 0.3) is 5.91 Å². The molecule has 2 rings (SSSR count). The molecule has 4 N–H and O–H groups in total. The maximum Gasteiger partial charge on any atom is 0.257 e. The van der Waals surface area contributed by atoms with E-state index in [1.807, 2.05) is 0 Å². The molecule has 1 amide bonds. The zero-order valence-corrected chi connectivity index (χ0v) is 12.2. The van der Waals surface area contributed by atoms with Gasteiger partial charge in [0.05, 0.1) is 11.8 Å². The fourth-order valence-electron chi connectivity index (χ4n) is 1.88. The molecule has 1 heterocycles. The number of nitrogens with zero attached hydrogens (tertiary/aromatic N) is 3. The van der Waals surface area contributed by atoms with Crippen LogP contribution in [0.4, 0.5) is 5.82 Å². The molecule has 21 heavy (non-hydrogen) atoms.